The van der Waals surface area contributed by atoms with Crippen molar-refractivity contribution in [1.29, 1.82) is 0 Å². The molecule has 0 bridgehead atoms. The van der Waals surface area contributed by atoms with Crippen molar-refractivity contribution in [2.75, 3.05) is 18.8 Å². The molecule has 4 nitrogen and oxygen atoms in total. The monoisotopic (exact) mass is 287 g/mol. The van der Waals surface area contributed by atoms with Crippen molar-refractivity contribution in [2.24, 2.45) is 16.8 Å². The van der Waals surface area contributed by atoms with Crippen molar-refractivity contribution in [3.8, 4) is 5.75 Å². The van der Waals surface area contributed by atoms with E-state index in [0.29, 0.717) is 11.8 Å². The van der Waals surface area contributed by atoms with Gasteiger partial charge in [-0.2, -0.15) is 0 Å². The van der Waals surface area contributed by atoms with E-state index in [0.717, 1.165) is 42.5 Å². The maximum atomic E-state index is 6.14. The van der Waals surface area contributed by atoms with Crippen molar-refractivity contribution in [3.63, 3.8) is 0 Å². The van der Waals surface area contributed by atoms with Crippen molar-refractivity contribution >= 4 is 17.2 Å². The highest BCUT2D eigenvalue weighted by Crippen LogP contribution is 2.36. The van der Waals surface area contributed by atoms with E-state index in [9.17, 15) is 0 Å². The van der Waals surface area contributed by atoms with Gasteiger partial charge in [0.05, 0.1) is 0 Å². The topological polar surface area (TPSA) is 50.9 Å². The van der Waals surface area contributed by atoms with Gasteiger partial charge in [0.1, 0.15) is 17.3 Å². The first-order chi connectivity index (χ1) is 10.1. The van der Waals surface area contributed by atoms with Crippen molar-refractivity contribution in [1.82, 2.24) is 4.90 Å². The number of rotatable bonds is 1. The Morgan fingerprint density at radius 1 is 1.29 bits per heavy atom. The second kappa shape index (κ2) is 5.58. The molecule has 2 heterocycles. The minimum atomic E-state index is 0.0543. The summed E-state index contributed by atoms with van der Waals surface area (Å²) in [6, 6.07) is 5.70. The van der Waals surface area contributed by atoms with Crippen molar-refractivity contribution < 1.29 is 4.74 Å². The second-order valence-electron chi connectivity index (χ2n) is 6.56. The SMILES string of the molecule is CCC1Oc2ccc(N)cc2N=C1N1CC(C)CC(C)C1. The third-order valence-corrected chi connectivity index (χ3v) is 4.34. The van der Waals surface area contributed by atoms with Crippen LogP contribution in [0.2, 0.25) is 0 Å². The number of hydrogen-bond acceptors (Lipinski definition) is 4. The molecule has 3 atom stereocenters. The Morgan fingerprint density at radius 2 is 2.00 bits per heavy atom. The number of nitrogens with two attached hydrogens (primary N) is 1. The Kier molecular flexibility index (Phi) is 3.79. The van der Waals surface area contributed by atoms with Gasteiger partial charge in [0.2, 0.25) is 0 Å². The first-order valence-corrected chi connectivity index (χ1v) is 7.96. The highest BCUT2D eigenvalue weighted by atomic mass is 16.5. The lowest BCUT2D eigenvalue weighted by Gasteiger charge is -2.40. The molecule has 2 N–H and O–H groups in total. The van der Waals surface area contributed by atoms with Gasteiger partial charge in [0.25, 0.3) is 0 Å². The summed E-state index contributed by atoms with van der Waals surface area (Å²) < 4.78 is 6.14. The zero-order valence-corrected chi connectivity index (χ0v) is 13.2. The molecule has 21 heavy (non-hydrogen) atoms. The van der Waals surface area contributed by atoms with E-state index in [4.69, 9.17) is 15.5 Å². The molecule has 0 aliphatic carbocycles. The predicted octanol–water partition coefficient (Wildman–Crippen LogP) is 3.45. The number of nitrogens with zero attached hydrogens (tertiary/aromatic N) is 2. The van der Waals surface area contributed by atoms with Gasteiger partial charge in [-0.15, -0.1) is 0 Å². The lowest BCUT2D eigenvalue weighted by molar-refractivity contribution is 0.179. The van der Waals surface area contributed by atoms with Crippen LogP contribution in [0.3, 0.4) is 0 Å². The van der Waals surface area contributed by atoms with E-state index in [1.54, 1.807) is 0 Å². The van der Waals surface area contributed by atoms with Crippen LogP contribution in [0.5, 0.6) is 5.75 Å². The number of ether oxygens (including phenoxy) is 1. The summed E-state index contributed by atoms with van der Waals surface area (Å²) in [5, 5.41) is 0. The molecule has 0 radical (unpaired) electrons. The Bertz CT molecular complexity index is 545. The van der Waals surface area contributed by atoms with Crippen molar-refractivity contribution in [2.45, 2.75) is 39.7 Å². The molecule has 1 saturated heterocycles. The van der Waals surface area contributed by atoms with Crippen LogP contribution in [0.1, 0.15) is 33.6 Å². The molecule has 3 rings (SSSR count). The Morgan fingerprint density at radius 3 is 2.67 bits per heavy atom. The molecule has 1 fully saturated rings. The number of piperidine rings is 1. The van der Waals surface area contributed by atoms with Crippen LogP contribution in [-0.2, 0) is 0 Å². The van der Waals surface area contributed by atoms with Crippen LogP contribution in [0, 0.1) is 11.8 Å². The van der Waals surface area contributed by atoms with E-state index in [2.05, 4.69) is 25.7 Å². The summed E-state index contributed by atoms with van der Waals surface area (Å²) in [7, 11) is 0. The summed E-state index contributed by atoms with van der Waals surface area (Å²) in [5.74, 6) is 3.33. The zero-order chi connectivity index (χ0) is 15.0. The van der Waals surface area contributed by atoms with Gasteiger partial charge in [-0.1, -0.05) is 20.8 Å². The van der Waals surface area contributed by atoms with E-state index >= 15 is 0 Å². The fourth-order valence-electron chi connectivity index (χ4n) is 3.51. The minimum absolute atomic E-state index is 0.0543. The maximum absolute atomic E-state index is 6.14. The van der Waals surface area contributed by atoms with Crippen LogP contribution in [0.15, 0.2) is 23.2 Å². The molecule has 4 heteroatoms. The van der Waals surface area contributed by atoms with E-state index in [1.807, 2.05) is 18.2 Å². The normalized spacial score (nSPS) is 28.6. The number of aliphatic imine (C=N–C) groups is 1. The van der Waals surface area contributed by atoms with Gasteiger partial charge < -0.3 is 15.4 Å². The van der Waals surface area contributed by atoms with E-state index in [1.165, 1.54) is 6.42 Å². The number of fused-ring (bicyclic) bond motifs is 1. The summed E-state index contributed by atoms with van der Waals surface area (Å²) in [4.78, 5) is 7.30. The zero-order valence-electron chi connectivity index (χ0n) is 13.2. The third kappa shape index (κ3) is 2.85. The summed E-state index contributed by atoms with van der Waals surface area (Å²) in [5.41, 5.74) is 7.47. The fourth-order valence-corrected chi connectivity index (χ4v) is 3.51. The quantitative estimate of drug-likeness (QED) is 0.805. The predicted molar refractivity (Wildman–Crippen MR) is 87.2 cm³/mol. The second-order valence-corrected chi connectivity index (χ2v) is 6.56. The Balaban J connectivity index is 1.94. The molecule has 2 aliphatic rings. The van der Waals surface area contributed by atoms with Gasteiger partial charge in [0, 0.05) is 18.8 Å². The summed E-state index contributed by atoms with van der Waals surface area (Å²) in [6.07, 6.45) is 2.28. The average molecular weight is 287 g/mol. The highest BCUT2D eigenvalue weighted by Gasteiger charge is 2.31. The molecule has 1 aromatic carbocycles. The number of benzene rings is 1. The maximum Gasteiger partial charge on any atom is 0.156 e. The molecule has 0 aromatic heterocycles. The minimum Gasteiger partial charge on any atom is -0.480 e. The first kappa shape index (κ1) is 14.2. The van der Waals surface area contributed by atoms with Crippen LogP contribution in [0.25, 0.3) is 0 Å². The fraction of sp³-hybridized carbons (Fsp3) is 0.588. The molecular weight excluding hydrogens is 262 g/mol. The largest absolute Gasteiger partial charge is 0.480 e. The average Bonchev–Trinajstić information content (AvgIpc) is 2.44. The first-order valence-electron chi connectivity index (χ1n) is 7.96. The molecule has 3 unspecified atom stereocenters. The standard InChI is InChI=1S/C17H25N3O/c1-4-15-17(20-9-11(2)7-12(3)10-20)19-14-8-13(18)5-6-16(14)21-15/h5-6,8,11-12,15H,4,7,9-10,18H2,1-3H3. The summed E-state index contributed by atoms with van der Waals surface area (Å²) in [6.45, 7) is 8.93. The molecule has 114 valence electrons. The lowest BCUT2D eigenvalue weighted by Crippen LogP contribution is -2.49. The van der Waals surface area contributed by atoms with Gasteiger partial charge in [0.15, 0.2) is 6.10 Å². The smallest absolute Gasteiger partial charge is 0.156 e. The number of amidine groups is 1. The van der Waals surface area contributed by atoms with Crippen LogP contribution < -0.4 is 10.5 Å². The number of anilines is 1. The van der Waals surface area contributed by atoms with E-state index < -0.39 is 0 Å². The van der Waals surface area contributed by atoms with E-state index in [-0.39, 0.29) is 6.10 Å². The highest BCUT2D eigenvalue weighted by molar-refractivity contribution is 5.92. The molecule has 0 spiro atoms. The molecule has 0 saturated carbocycles. The molecule has 2 aliphatic heterocycles. The van der Waals surface area contributed by atoms with Crippen LogP contribution in [0.4, 0.5) is 11.4 Å². The van der Waals surface area contributed by atoms with Gasteiger partial charge in [-0.3, -0.25) is 0 Å². The van der Waals surface area contributed by atoms with Crippen LogP contribution in [-0.4, -0.2) is 29.9 Å². The number of likely N-dealkylation sites (tertiary alicyclic amines) is 1. The lowest BCUT2D eigenvalue weighted by atomic mass is 9.91. The third-order valence-electron chi connectivity index (χ3n) is 4.34. The summed E-state index contributed by atoms with van der Waals surface area (Å²) >= 11 is 0. The van der Waals surface area contributed by atoms with Gasteiger partial charge >= 0.3 is 0 Å². The van der Waals surface area contributed by atoms with Crippen molar-refractivity contribution in [3.05, 3.63) is 18.2 Å². The van der Waals surface area contributed by atoms with Crippen LogP contribution >= 0.6 is 0 Å². The Hall–Kier alpha value is -1.71. The Labute approximate surface area is 127 Å². The number of hydrogen-bond donors (Lipinski definition) is 1. The molecule has 0 amide bonds. The van der Waals surface area contributed by atoms with Gasteiger partial charge in [-0.25, -0.2) is 4.99 Å². The molecular formula is C17H25N3O. The van der Waals surface area contributed by atoms with Gasteiger partial charge in [-0.05, 0) is 42.9 Å². The number of nitrogen functional groups attached to an aromatic ring is 1. The molecule has 1 aromatic rings.